The maximum Gasteiger partial charge on any atom is 0.165 e. The number of rotatable bonds is 1. The normalized spacial score (nSPS) is 19.8. The first-order valence-corrected chi connectivity index (χ1v) is 9.38. The zero-order valence-corrected chi connectivity index (χ0v) is 15.5. The van der Waals surface area contributed by atoms with Crippen LogP contribution in [0.25, 0.3) is 5.69 Å². The second-order valence-corrected chi connectivity index (χ2v) is 8.61. The molecule has 130 valence electrons. The summed E-state index contributed by atoms with van der Waals surface area (Å²) in [6.07, 6.45) is 1.59. The van der Waals surface area contributed by atoms with Crippen LogP contribution in [0.2, 0.25) is 0 Å². The Kier molecular flexibility index (Phi) is 3.13. The fourth-order valence-electron chi connectivity index (χ4n) is 4.79. The van der Waals surface area contributed by atoms with E-state index in [1.54, 1.807) is 0 Å². The summed E-state index contributed by atoms with van der Waals surface area (Å²) in [6, 6.07) is 19.5. The van der Waals surface area contributed by atoms with Gasteiger partial charge in [-0.25, -0.2) is 0 Å². The van der Waals surface area contributed by atoms with Gasteiger partial charge in [0.05, 0.1) is 5.92 Å². The lowest BCUT2D eigenvalue weighted by molar-refractivity contribution is 0.0911. The van der Waals surface area contributed by atoms with E-state index in [9.17, 15) is 4.79 Å². The van der Waals surface area contributed by atoms with Gasteiger partial charge in [0, 0.05) is 29.1 Å². The van der Waals surface area contributed by atoms with E-state index in [0.29, 0.717) is 12.2 Å². The minimum atomic E-state index is 0.0227. The van der Waals surface area contributed by atoms with E-state index in [1.165, 1.54) is 33.8 Å². The molecule has 2 heteroatoms. The molecule has 0 spiro atoms. The first-order valence-electron chi connectivity index (χ1n) is 9.38. The van der Waals surface area contributed by atoms with Gasteiger partial charge in [0.1, 0.15) is 0 Å². The van der Waals surface area contributed by atoms with Crippen LogP contribution in [0.3, 0.4) is 0 Å². The molecule has 2 heterocycles. The van der Waals surface area contributed by atoms with Crippen molar-refractivity contribution in [1.29, 1.82) is 0 Å². The smallest absolute Gasteiger partial charge is 0.165 e. The van der Waals surface area contributed by atoms with Crippen LogP contribution in [0.1, 0.15) is 64.6 Å². The standard InChI is InChI=1S/C24H23NO/c1-15-9-10-19-18(11-15)23(16-7-5-4-6-8-16)20-12-17-21(25(19)20)13-24(2,3)14-22(17)26/h4-12,23H,13-14H2,1-3H3. The quantitative estimate of drug-likeness (QED) is 0.452. The first kappa shape index (κ1) is 15.6. The van der Waals surface area contributed by atoms with Crippen molar-refractivity contribution in [3.8, 4) is 5.69 Å². The van der Waals surface area contributed by atoms with Gasteiger partial charge in [-0.2, -0.15) is 0 Å². The largest absolute Gasteiger partial charge is 0.316 e. The van der Waals surface area contributed by atoms with E-state index < -0.39 is 0 Å². The molecule has 0 bridgehead atoms. The van der Waals surface area contributed by atoms with E-state index in [2.05, 4.69) is 79.9 Å². The molecule has 1 unspecified atom stereocenters. The number of ketones is 1. The number of Topliss-reactive ketones (excluding diaryl/α,β-unsaturated/α-hetero) is 1. The van der Waals surface area contributed by atoms with Gasteiger partial charge in [-0.1, -0.05) is 61.9 Å². The molecule has 0 saturated carbocycles. The summed E-state index contributed by atoms with van der Waals surface area (Å²) < 4.78 is 2.38. The third-order valence-corrected chi connectivity index (χ3v) is 5.88. The fourth-order valence-corrected chi connectivity index (χ4v) is 4.79. The van der Waals surface area contributed by atoms with Gasteiger partial charge in [0.2, 0.25) is 0 Å². The maximum absolute atomic E-state index is 12.8. The third-order valence-electron chi connectivity index (χ3n) is 5.88. The number of hydrogen-bond acceptors (Lipinski definition) is 1. The van der Waals surface area contributed by atoms with Crippen LogP contribution in [-0.2, 0) is 6.42 Å². The lowest BCUT2D eigenvalue weighted by atomic mass is 9.76. The lowest BCUT2D eigenvalue weighted by Gasteiger charge is -2.29. The summed E-state index contributed by atoms with van der Waals surface area (Å²) in [4.78, 5) is 12.8. The summed E-state index contributed by atoms with van der Waals surface area (Å²) >= 11 is 0. The minimum Gasteiger partial charge on any atom is -0.316 e. The number of aryl methyl sites for hydroxylation is 1. The molecule has 0 fully saturated rings. The Labute approximate surface area is 154 Å². The summed E-state index contributed by atoms with van der Waals surface area (Å²) in [7, 11) is 0. The van der Waals surface area contributed by atoms with Crippen molar-refractivity contribution in [2.24, 2.45) is 5.41 Å². The van der Waals surface area contributed by atoms with Gasteiger partial charge in [-0.05, 0) is 42.0 Å². The minimum absolute atomic E-state index is 0.0227. The van der Waals surface area contributed by atoms with E-state index in [-0.39, 0.29) is 11.3 Å². The molecule has 0 radical (unpaired) electrons. The van der Waals surface area contributed by atoms with Gasteiger partial charge in [-0.15, -0.1) is 0 Å². The maximum atomic E-state index is 12.8. The zero-order chi connectivity index (χ0) is 18.1. The van der Waals surface area contributed by atoms with Crippen LogP contribution in [0.4, 0.5) is 0 Å². The number of aromatic nitrogens is 1. The molecule has 2 aromatic carbocycles. The molecular formula is C24H23NO. The summed E-state index contributed by atoms with van der Waals surface area (Å²) in [5, 5.41) is 0. The molecule has 0 amide bonds. The molecule has 5 rings (SSSR count). The average molecular weight is 341 g/mol. The van der Waals surface area contributed by atoms with Crippen LogP contribution in [-0.4, -0.2) is 10.4 Å². The van der Waals surface area contributed by atoms with Crippen LogP contribution in [0.15, 0.2) is 54.6 Å². The van der Waals surface area contributed by atoms with E-state index >= 15 is 0 Å². The topological polar surface area (TPSA) is 22.0 Å². The van der Waals surface area contributed by atoms with Crippen molar-refractivity contribution in [3.63, 3.8) is 0 Å². The highest BCUT2D eigenvalue weighted by Crippen LogP contribution is 2.48. The number of hydrogen-bond donors (Lipinski definition) is 0. The molecule has 1 aliphatic carbocycles. The molecule has 1 aromatic heterocycles. The molecule has 2 aliphatic rings. The first-order chi connectivity index (χ1) is 12.4. The third kappa shape index (κ3) is 2.14. The highest BCUT2D eigenvalue weighted by atomic mass is 16.1. The van der Waals surface area contributed by atoms with Crippen molar-refractivity contribution in [2.75, 3.05) is 0 Å². The van der Waals surface area contributed by atoms with Crippen LogP contribution < -0.4 is 0 Å². The van der Waals surface area contributed by atoms with Crippen molar-refractivity contribution >= 4 is 5.78 Å². The van der Waals surface area contributed by atoms with Crippen LogP contribution in [0.5, 0.6) is 0 Å². The second-order valence-electron chi connectivity index (χ2n) is 8.61. The monoisotopic (exact) mass is 341 g/mol. The molecule has 1 aliphatic heterocycles. The van der Waals surface area contributed by atoms with E-state index in [4.69, 9.17) is 0 Å². The number of nitrogens with zero attached hydrogens (tertiary/aromatic N) is 1. The van der Waals surface area contributed by atoms with Crippen LogP contribution in [0, 0.1) is 12.3 Å². The van der Waals surface area contributed by atoms with Gasteiger partial charge >= 0.3 is 0 Å². The molecular weight excluding hydrogens is 318 g/mol. The SMILES string of the molecule is Cc1ccc2c(c1)C(c1ccccc1)c1cc3c(n1-2)CC(C)(C)CC3=O. The van der Waals surface area contributed by atoms with Crippen molar-refractivity contribution in [1.82, 2.24) is 4.57 Å². The Morgan fingerprint density at radius 3 is 2.54 bits per heavy atom. The Balaban J connectivity index is 1.81. The highest BCUT2D eigenvalue weighted by molar-refractivity contribution is 5.99. The Hall–Kier alpha value is -2.61. The molecule has 3 aromatic rings. The van der Waals surface area contributed by atoms with Crippen LogP contribution >= 0.6 is 0 Å². The summed E-state index contributed by atoms with van der Waals surface area (Å²) in [5.74, 6) is 0.492. The van der Waals surface area contributed by atoms with Gasteiger partial charge < -0.3 is 4.57 Å². The molecule has 0 saturated heterocycles. The van der Waals surface area contributed by atoms with Crippen molar-refractivity contribution < 1.29 is 4.79 Å². The van der Waals surface area contributed by atoms with E-state index in [0.717, 1.165) is 12.0 Å². The molecule has 1 atom stereocenters. The molecule has 2 nitrogen and oxygen atoms in total. The highest BCUT2D eigenvalue weighted by Gasteiger charge is 2.39. The Morgan fingerprint density at radius 1 is 1.00 bits per heavy atom. The van der Waals surface area contributed by atoms with Crippen molar-refractivity contribution in [2.45, 2.75) is 39.5 Å². The zero-order valence-electron chi connectivity index (χ0n) is 15.5. The number of carbonyl (C=O) groups excluding carboxylic acids is 1. The number of benzene rings is 2. The predicted molar refractivity (Wildman–Crippen MR) is 104 cm³/mol. The van der Waals surface area contributed by atoms with Gasteiger partial charge in [0.15, 0.2) is 5.78 Å². The molecule has 0 N–H and O–H groups in total. The molecule has 26 heavy (non-hydrogen) atoms. The number of fused-ring (bicyclic) bond motifs is 5. The predicted octanol–water partition coefficient (Wildman–Crippen LogP) is 5.43. The van der Waals surface area contributed by atoms with E-state index in [1.807, 2.05) is 0 Å². The van der Waals surface area contributed by atoms with Gasteiger partial charge in [-0.3, -0.25) is 4.79 Å². The lowest BCUT2D eigenvalue weighted by Crippen LogP contribution is -2.27. The fraction of sp³-hybridized carbons (Fsp3) is 0.292. The van der Waals surface area contributed by atoms with Crippen molar-refractivity contribution in [3.05, 3.63) is 88.2 Å². The average Bonchev–Trinajstić information content (AvgIpc) is 3.09. The van der Waals surface area contributed by atoms with Gasteiger partial charge in [0.25, 0.3) is 0 Å². The second kappa shape index (κ2) is 5.20. The number of carbonyl (C=O) groups is 1. The Morgan fingerprint density at radius 2 is 1.77 bits per heavy atom. The summed E-state index contributed by atoms with van der Waals surface area (Å²) in [6.45, 7) is 6.55. The summed E-state index contributed by atoms with van der Waals surface area (Å²) in [5.41, 5.74) is 8.56. The Bertz CT molecular complexity index is 1040.